The van der Waals surface area contributed by atoms with E-state index in [4.69, 9.17) is 0 Å². The molecule has 1 heterocycles. The van der Waals surface area contributed by atoms with Gasteiger partial charge in [0, 0.05) is 13.1 Å². The molecule has 7 heteroatoms. The number of aromatic nitrogens is 3. The monoisotopic (exact) mass is 251 g/mol. The molecular formula is C11H17N5O2. The molecule has 1 aliphatic rings. The Bertz CT molecular complexity index is 411. The van der Waals surface area contributed by atoms with Crippen LogP contribution in [0.4, 0.5) is 5.95 Å². The van der Waals surface area contributed by atoms with Crippen LogP contribution in [0, 0.1) is 0 Å². The van der Waals surface area contributed by atoms with E-state index in [-0.39, 0.29) is 12.0 Å². The van der Waals surface area contributed by atoms with Gasteiger partial charge in [0.25, 0.3) is 0 Å². The number of nitrogens with zero attached hydrogens (tertiary/aromatic N) is 3. The van der Waals surface area contributed by atoms with Gasteiger partial charge in [-0.25, -0.2) is 5.10 Å². The molecule has 1 saturated carbocycles. The summed E-state index contributed by atoms with van der Waals surface area (Å²) >= 11 is 0. The summed E-state index contributed by atoms with van der Waals surface area (Å²) in [5.41, 5.74) is 0. The number of rotatable bonds is 2. The van der Waals surface area contributed by atoms with Crippen molar-refractivity contribution in [2.45, 2.75) is 38.1 Å². The van der Waals surface area contributed by atoms with Crippen LogP contribution >= 0.6 is 0 Å². The van der Waals surface area contributed by atoms with E-state index in [2.05, 4.69) is 20.5 Å². The van der Waals surface area contributed by atoms with Crippen molar-refractivity contribution >= 4 is 17.8 Å². The first-order valence-corrected chi connectivity index (χ1v) is 6.12. The minimum Gasteiger partial charge on any atom is -0.335 e. The van der Waals surface area contributed by atoms with Crippen LogP contribution in [0.15, 0.2) is 6.33 Å². The predicted molar refractivity (Wildman–Crippen MR) is 64.7 cm³/mol. The third-order valence-electron chi connectivity index (χ3n) is 3.28. The standard InChI is InChI=1S/C11H17N5O2/c1-16(8-5-3-2-4-6-8)10(18)9(17)14-11-12-7-13-15-11/h7-8H,2-6H2,1H3,(H2,12,13,14,15,17). The van der Waals surface area contributed by atoms with Crippen molar-refractivity contribution in [3.8, 4) is 0 Å². The first-order valence-electron chi connectivity index (χ1n) is 6.12. The highest BCUT2D eigenvalue weighted by Crippen LogP contribution is 2.21. The smallest absolute Gasteiger partial charge is 0.316 e. The van der Waals surface area contributed by atoms with Crippen LogP contribution in [-0.4, -0.2) is 45.0 Å². The van der Waals surface area contributed by atoms with Gasteiger partial charge < -0.3 is 4.90 Å². The highest BCUT2D eigenvalue weighted by atomic mass is 16.2. The van der Waals surface area contributed by atoms with E-state index in [1.165, 1.54) is 17.6 Å². The maximum Gasteiger partial charge on any atom is 0.316 e. The number of anilines is 1. The van der Waals surface area contributed by atoms with Crippen LogP contribution in [0.3, 0.4) is 0 Å². The number of carbonyl (C=O) groups excluding carboxylic acids is 2. The molecule has 1 aliphatic carbocycles. The van der Waals surface area contributed by atoms with Crippen molar-refractivity contribution in [3.05, 3.63) is 6.33 Å². The molecule has 0 aliphatic heterocycles. The number of amides is 2. The van der Waals surface area contributed by atoms with Gasteiger partial charge in [0.2, 0.25) is 5.95 Å². The fourth-order valence-electron chi connectivity index (χ4n) is 2.22. The molecule has 0 bridgehead atoms. The van der Waals surface area contributed by atoms with Crippen molar-refractivity contribution < 1.29 is 9.59 Å². The second-order valence-electron chi connectivity index (χ2n) is 4.50. The minimum atomic E-state index is -0.681. The largest absolute Gasteiger partial charge is 0.335 e. The Morgan fingerprint density at radius 2 is 2.11 bits per heavy atom. The van der Waals surface area contributed by atoms with Gasteiger partial charge in [-0.1, -0.05) is 19.3 Å². The lowest BCUT2D eigenvalue weighted by atomic mass is 9.94. The van der Waals surface area contributed by atoms with Crippen LogP contribution in [0.5, 0.6) is 0 Å². The zero-order valence-electron chi connectivity index (χ0n) is 10.3. The van der Waals surface area contributed by atoms with Crippen LogP contribution < -0.4 is 5.32 Å². The van der Waals surface area contributed by atoms with E-state index in [0.29, 0.717) is 0 Å². The van der Waals surface area contributed by atoms with E-state index in [1.807, 2.05) is 0 Å². The van der Waals surface area contributed by atoms with Gasteiger partial charge in [-0.05, 0) is 12.8 Å². The molecule has 2 rings (SSSR count). The molecule has 98 valence electrons. The summed E-state index contributed by atoms with van der Waals surface area (Å²) in [4.78, 5) is 28.9. The van der Waals surface area contributed by atoms with Crippen molar-refractivity contribution in [2.24, 2.45) is 0 Å². The quantitative estimate of drug-likeness (QED) is 0.750. The Balaban J connectivity index is 1.91. The summed E-state index contributed by atoms with van der Waals surface area (Å²) in [6, 6.07) is 0.173. The van der Waals surface area contributed by atoms with Gasteiger partial charge >= 0.3 is 11.8 Å². The molecule has 1 fully saturated rings. The summed E-state index contributed by atoms with van der Waals surface area (Å²) in [5, 5.41) is 8.45. The number of likely N-dealkylation sites (N-methyl/N-ethyl adjacent to an activating group) is 1. The lowest BCUT2D eigenvalue weighted by Gasteiger charge is -2.30. The molecule has 0 radical (unpaired) electrons. The van der Waals surface area contributed by atoms with Crippen molar-refractivity contribution in [1.29, 1.82) is 0 Å². The SMILES string of the molecule is CN(C(=O)C(=O)Nc1ncn[nH]1)C1CCCCC1. The average molecular weight is 251 g/mol. The molecule has 0 unspecified atom stereocenters. The number of nitrogens with one attached hydrogen (secondary N) is 2. The van der Waals surface area contributed by atoms with Crippen LogP contribution in [0.25, 0.3) is 0 Å². The molecule has 2 N–H and O–H groups in total. The van der Waals surface area contributed by atoms with Crippen molar-refractivity contribution in [1.82, 2.24) is 20.1 Å². The fraction of sp³-hybridized carbons (Fsp3) is 0.636. The van der Waals surface area contributed by atoms with Crippen LogP contribution in [0.1, 0.15) is 32.1 Å². The number of carbonyl (C=O) groups is 2. The fourth-order valence-corrected chi connectivity index (χ4v) is 2.22. The summed E-state index contributed by atoms with van der Waals surface area (Å²) in [6.45, 7) is 0. The Labute approximate surface area is 105 Å². The maximum atomic E-state index is 11.9. The second kappa shape index (κ2) is 5.61. The molecular weight excluding hydrogens is 234 g/mol. The summed E-state index contributed by atoms with van der Waals surface area (Å²) in [7, 11) is 1.68. The summed E-state index contributed by atoms with van der Waals surface area (Å²) in [6.07, 6.45) is 6.65. The number of hydrogen-bond acceptors (Lipinski definition) is 4. The minimum absolute atomic E-state index is 0.173. The molecule has 0 spiro atoms. The molecule has 1 aromatic heterocycles. The van der Waals surface area contributed by atoms with Gasteiger partial charge in [-0.2, -0.15) is 10.1 Å². The first-order chi connectivity index (χ1) is 8.68. The van der Waals surface area contributed by atoms with Crippen molar-refractivity contribution in [3.63, 3.8) is 0 Å². The predicted octanol–water partition coefficient (Wildman–Crippen LogP) is 0.534. The Hall–Kier alpha value is -1.92. The van der Waals surface area contributed by atoms with Gasteiger partial charge in [0.1, 0.15) is 6.33 Å². The van der Waals surface area contributed by atoms with Crippen molar-refractivity contribution in [2.75, 3.05) is 12.4 Å². The first kappa shape index (κ1) is 12.5. The number of H-pyrrole nitrogens is 1. The number of aromatic amines is 1. The highest BCUT2D eigenvalue weighted by Gasteiger charge is 2.26. The van der Waals surface area contributed by atoms with E-state index in [0.717, 1.165) is 25.7 Å². The average Bonchev–Trinajstić information content (AvgIpc) is 2.91. The molecule has 0 atom stereocenters. The molecule has 0 saturated heterocycles. The van der Waals surface area contributed by atoms with E-state index < -0.39 is 11.8 Å². The molecule has 0 aromatic carbocycles. The zero-order valence-corrected chi connectivity index (χ0v) is 10.3. The number of hydrogen-bond donors (Lipinski definition) is 2. The summed E-state index contributed by atoms with van der Waals surface area (Å²) in [5.74, 6) is -1.02. The normalized spacial score (nSPS) is 16.3. The van der Waals surface area contributed by atoms with Gasteiger partial charge in [-0.3, -0.25) is 14.9 Å². The topological polar surface area (TPSA) is 91.0 Å². The van der Waals surface area contributed by atoms with Gasteiger partial charge in [0.05, 0.1) is 0 Å². The molecule has 2 amide bonds. The van der Waals surface area contributed by atoms with Gasteiger partial charge in [0.15, 0.2) is 0 Å². The van der Waals surface area contributed by atoms with E-state index >= 15 is 0 Å². The zero-order chi connectivity index (χ0) is 13.0. The lowest BCUT2D eigenvalue weighted by Crippen LogP contribution is -2.44. The third-order valence-corrected chi connectivity index (χ3v) is 3.28. The van der Waals surface area contributed by atoms with Crippen LogP contribution in [-0.2, 0) is 9.59 Å². The Morgan fingerprint density at radius 1 is 1.39 bits per heavy atom. The van der Waals surface area contributed by atoms with E-state index in [1.54, 1.807) is 7.05 Å². The lowest BCUT2D eigenvalue weighted by molar-refractivity contribution is -0.144. The van der Waals surface area contributed by atoms with E-state index in [9.17, 15) is 9.59 Å². The molecule has 18 heavy (non-hydrogen) atoms. The molecule has 1 aromatic rings. The third kappa shape index (κ3) is 2.85. The van der Waals surface area contributed by atoms with Gasteiger partial charge in [-0.15, -0.1) is 0 Å². The highest BCUT2D eigenvalue weighted by molar-refractivity contribution is 6.39. The summed E-state index contributed by atoms with van der Waals surface area (Å²) < 4.78 is 0. The maximum absolute atomic E-state index is 11.9. The second-order valence-corrected chi connectivity index (χ2v) is 4.50. The van der Waals surface area contributed by atoms with Crippen LogP contribution in [0.2, 0.25) is 0 Å². The Kier molecular flexibility index (Phi) is 3.91. The molecule has 7 nitrogen and oxygen atoms in total. The Morgan fingerprint density at radius 3 is 2.72 bits per heavy atom.